The lowest BCUT2D eigenvalue weighted by Crippen LogP contribution is -2.07. The van der Waals surface area contributed by atoms with E-state index in [1.165, 1.54) is 6.20 Å². The first-order valence-electron chi connectivity index (χ1n) is 4.54. The number of rotatable bonds is 2. The zero-order valence-corrected chi connectivity index (χ0v) is 7.64. The van der Waals surface area contributed by atoms with Crippen molar-refractivity contribution in [2.75, 3.05) is 13.2 Å². The summed E-state index contributed by atoms with van der Waals surface area (Å²) in [5.74, 6) is -0.705. The second kappa shape index (κ2) is 3.75. The zero-order chi connectivity index (χ0) is 9.97. The van der Waals surface area contributed by atoms with Crippen LogP contribution in [0.25, 0.3) is 0 Å². The normalized spacial score (nSPS) is 21.0. The van der Waals surface area contributed by atoms with Gasteiger partial charge in [-0.25, -0.2) is 4.79 Å². The number of carboxylic acids is 1. The van der Waals surface area contributed by atoms with Gasteiger partial charge in [0.15, 0.2) is 0 Å². The minimum absolute atomic E-state index is 0.212. The molecule has 0 amide bonds. The Morgan fingerprint density at radius 1 is 1.64 bits per heavy atom. The molecule has 74 valence electrons. The molecule has 1 aromatic rings. The number of hydrogen-bond acceptors (Lipinski definition) is 3. The van der Waals surface area contributed by atoms with Gasteiger partial charge in [-0.3, -0.25) is 4.98 Å². The van der Waals surface area contributed by atoms with E-state index in [-0.39, 0.29) is 5.92 Å². The summed E-state index contributed by atoms with van der Waals surface area (Å²) in [6.07, 6.45) is 3.92. The van der Waals surface area contributed by atoms with E-state index < -0.39 is 5.97 Å². The summed E-state index contributed by atoms with van der Waals surface area (Å²) in [6, 6.07) is 1.77. The maximum atomic E-state index is 10.9. The number of pyridine rings is 1. The first-order valence-corrected chi connectivity index (χ1v) is 4.54. The van der Waals surface area contributed by atoms with Crippen molar-refractivity contribution < 1.29 is 14.6 Å². The van der Waals surface area contributed by atoms with Gasteiger partial charge in [-0.2, -0.15) is 0 Å². The minimum atomic E-state index is -0.917. The minimum Gasteiger partial charge on any atom is -0.478 e. The molecule has 1 atom stereocenters. The van der Waals surface area contributed by atoms with Crippen molar-refractivity contribution in [1.82, 2.24) is 4.98 Å². The Balaban J connectivity index is 2.35. The van der Waals surface area contributed by atoms with Crippen LogP contribution in [-0.2, 0) is 4.74 Å². The molecule has 1 aromatic heterocycles. The molecular formula is C10H11NO3. The van der Waals surface area contributed by atoms with Crippen LogP contribution in [0, 0.1) is 0 Å². The summed E-state index contributed by atoms with van der Waals surface area (Å²) in [6.45, 7) is 1.33. The topological polar surface area (TPSA) is 59.4 Å². The van der Waals surface area contributed by atoms with Crippen LogP contribution in [0.3, 0.4) is 0 Å². The van der Waals surface area contributed by atoms with Crippen molar-refractivity contribution >= 4 is 5.97 Å². The lowest BCUT2D eigenvalue weighted by atomic mass is 9.95. The van der Waals surface area contributed by atoms with E-state index in [4.69, 9.17) is 9.84 Å². The first kappa shape index (κ1) is 9.15. The number of ether oxygens (including phenoxy) is 1. The lowest BCUT2D eigenvalue weighted by Gasteiger charge is -2.10. The van der Waals surface area contributed by atoms with Gasteiger partial charge in [0, 0.05) is 24.9 Å². The summed E-state index contributed by atoms with van der Waals surface area (Å²) < 4.78 is 5.23. The fraction of sp³-hybridized carbons (Fsp3) is 0.400. The van der Waals surface area contributed by atoms with E-state index in [0.29, 0.717) is 18.8 Å². The highest BCUT2D eigenvalue weighted by molar-refractivity contribution is 5.89. The van der Waals surface area contributed by atoms with Crippen LogP contribution in [0.1, 0.15) is 28.3 Å². The van der Waals surface area contributed by atoms with Crippen molar-refractivity contribution in [1.29, 1.82) is 0 Å². The molecular weight excluding hydrogens is 182 g/mol. The molecule has 0 aromatic carbocycles. The van der Waals surface area contributed by atoms with E-state index in [1.807, 2.05) is 0 Å². The molecule has 1 unspecified atom stereocenters. The maximum absolute atomic E-state index is 10.9. The van der Waals surface area contributed by atoms with E-state index >= 15 is 0 Å². The Morgan fingerprint density at radius 3 is 3.14 bits per heavy atom. The van der Waals surface area contributed by atoms with Crippen LogP contribution in [0.4, 0.5) is 0 Å². The van der Waals surface area contributed by atoms with Crippen molar-refractivity contribution in [3.63, 3.8) is 0 Å². The van der Waals surface area contributed by atoms with Gasteiger partial charge >= 0.3 is 5.97 Å². The number of aromatic carboxylic acids is 1. The maximum Gasteiger partial charge on any atom is 0.337 e. The van der Waals surface area contributed by atoms with Crippen LogP contribution in [0.2, 0.25) is 0 Å². The molecule has 1 aliphatic rings. The first-order chi connectivity index (χ1) is 6.79. The summed E-state index contributed by atoms with van der Waals surface area (Å²) in [4.78, 5) is 14.7. The second-order valence-corrected chi connectivity index (χ2v) is 3.33. The third-order valence-electron chi connectivity index (χ3n) is 2.45. The van der Waals surface area contributed by atoms with Gasteiger partial charge in [0.25, 0.3) is 0 Å². The average molecular weight is 193 g/mol. The highest BCUT2D eigenvalue weighted by Gasteiger charge is 2.22. The monoisotopic (exact) mass is 193 g/mol. The Kier molecular flexibility index (Phi) is 2.45. The van der Waals surface area contributed by atoms with E-state index in [2.05, 4.69) is 4.98 Å². The summed E-state index contributed by atoms with van der Waals surface area (Å²) in [5.41, 5.74) is 1.13. The van der Waals surface area contributed by atoms with Gasteiger partial charge in [-0.1, -0.05) is 0 Å². The predicted octanol–water partition coefficient (Wildman–Crippen LogP) is 1.28. The molecule has 0 saturated carbocycles. The van der Waals surface area contributed by atoms with Gasteiger partial charge in [-0.05, 0) is 18.1 Å². The smallest absolute Gasteiger partial charge is 0.337 e. The van der Waals surface area contributed by atoms with Crippen molar-refractivity contribution in [2.24, 2.45) is 0 Å². The number of carbonyl (C=O) groups is 1. The summed E-state index contributed by atoms with van der Waals surface area (Å²) in [7, 11) is 0. The molecule has 1 saturated heterocycles. The van der Waals surface area contributed by atoms with Gasteiger partial charge < -0.3 is 9.84 Å². The van der Waals surface area contributed by atoms with Crippen molar-refractivity contribution in [3.05, 3.63) is 29.6 Å². The van der Waals surface area contributed by atoms with E-state index in [9.17, 15) is 4.79 Å². The standard InChI is InChI=1S/C10H11NO3/c12-10(13)9-5-11-3-1-8(9)7-2-4-14-6-7/h1,3,5,7H,2,4,6H2,(H,12,13). The average Bonchev–Trinajstić information content (AvgIpc) is 2.70. The zero-order valence-electron chi connectivity index (χ0n) is 7.64. The Bertz CT molecular complexity index is 345. The molecule has 4 nitrogen and oxygen atoms in total. The number of aromatic nitrogens is 1. The summed E-state index contributed by atoms with van der Waals surface area (Å²) >= 11 is 0. The largest absolute Gasteiger partial charge is 0.478 e. The SMILES string of the molecule is O=C(O)c1cnccc1C1CCOC1. The molecule has 1 aliphatic heterocycles. The summed E-state index contributed by atoms with van der Waals surface area (Å²) in [5, 5.41) is 8.95. The number of hydrogen-bond donors (Lipinski definition) is 1. The van der Waals surface area contributed by atoms with Crippen LogP contribution < -0.4 is 0 Å². The third-order valence-corrected chi connectivity index (χ3v) is 2.45. The Hall–Kier alpha value is -1.42. The lowest BCUT2D eigenvalue weighted by molar-refractivity contribution is 0.0694. The molecule has 14 heavy (non-hydrogen) atoms. The molecule has 0 bridgehead atoms. The highest BCUT2D eigenvalue weighted by Crippen LogP contribution is 2.27. The Labute approximate surface area is 81.5 Å². The van der Waals surface area contributed by atoms with Crippen LogP contribution in [0.15, 0.2) is 18.5 Å². The number of carboxylic acid groups (broad SMARTS) is 1. The quantitative estimate of drug-likeness (QED) is 0.768. The van der Waals surface area contributed by atoms with Crippen LogP contribution >= 0.6 is 0 Å². The van der Waals surface area contributed by atoms with E-state index in [0.717, 1.165) is 12.0 Å². The molecule has 1 fully saturated rings. The number of nitrogens with zero attached hydrogens (tertiary/aromatic N) is 1. The third kappa shape index (κ3) is 1.61. The molecule has 0 spiro atoms. The molecule has 0 aliphatic carbocycles. The van der Waals surface area contributed by atoms with Crippen molar-refractivity contribution in [3.8, 4) is 0 Å². The molecule has 1 N–H and O–H groups in total. The van der Waals surface area contributed by atoms with Crippen LogP contribution in [-0.4, -0.2) is 29.3 Å². The predicted molar refractivity (Wildman–Crippen MR) is 49.4 cm³/mol. The van der Waals surface area contributed by atoms with Gasteiger partial charge in [-0.15, -0.1) is 0 Å². The molecule has 2 heterocycles. The molecule has 4 heteroatoms. The molecule has 0 radical (unpaired) electrons. The second-order valence-electron chi connectivity index (χ2n) is 3.33. The van der Waals surface area contributed by atoms with Gasteiger partial charge in [0.1, 0.15) is 0 Å². The van der Waals surface area contributed by atoms with Crippen LogP contribution in [0.5, 0.6) is 0 Å². The van der Waals surface area contributed by atoms with E-state index in [1.54, 1.807) is 12.3 Å². The highest BCUT2D eigenvalue weighted by atomic mass is 16.5. The van der Waals surface area contributed by atoms with Crippen molar-refractivity contribution in [2.45, 2.75) is 12.3 Å². The van der Waals surface area contributed by atoms with Gasteiger partial charge in [0.05, 0.1) is 12.2 Å². The molecule has 2 rings (SSSR count). The fourth-order valence-electron chi connectivity index (χ4n) is 1.72. The fourth-order valence-corrected chi connectivity index (χ4v) is 1.72. The Morgan fingerprint density at radius 2 is 2.50 bits per heavy atom. The van der Waals surface area contributed by atoms with Gasteiger partial charge in [0.2, 0.25) is 0 Å².